The Hall–Kier alpha value is -1.92. The van der Waals surface area contributed by atoms with E-state index in [1.165, 1.54) is 12.1 Å². The van der Waals surface area contributed by atoms with Crippen molar-refractivity contribution < 1.29 is 17.6 Å². The average molecular weight is 324 g/mol. The van der Waals surface area contributed by atoms with Gasteiger partial charge in [-0.25, -0.2) is 17.6 Å². The first-order valence-electron chi connectivity index (χ1n) is 7.41. The molecule has 1 aliphatic rings. The predicted molar refractivity (Wildman–Crippen MR) is 79.0 cm³/mol. The topological polar surface area (TPSA) is 15.3 Å². The van der Waals surface area contributed by atoms with E-state index in [-0.39, 0.29) is 0 Å². The smallest absolute Gasteiger partial charge is 0.159 e. The molecule has 0 aliphatic carbocycles. The van der Waals surface area contributed by atoms with Gasteiger partial charge in [0.25, 0.3) is 0 Å². The van der Waals surface area contributed by atoms with Crippen LogP contribution in [0.4, 0.5) is 17.6 Å². The van der Waals surface area contributed by atoms with Crippen LogP contribution in [0.1, 0.15) is 17.2 Å². The molecule has 0 bridgehead atoms. The Labute approximate surface area is 131 Å². The van der Waals surface area contributed by atoms with E-state index in [4.69, 9.17) is 0 Å². The molecule has 0 radical (unpaired) electrons. The Balaban J connectivity index is 2.04. The second kappa shape index (κ2) is 6.68. The zero-order valence-electron chi connectivity index (χ0n) is 12.3. The highest BCUT2D eigenvalue weighted by Gasteiger charge is 2.25. The highest BCUT2D eigenvalue weighted by atomic mass is 19.2. The lowest BCUT2D eigenvalue weighted by Gasteiger charge is -2.35. The van der Waals surface area contributed by atoms with E-state index >= 15 is 0 Å². The van der Waals surface area contributed by atoms with Gasteiger partial charge in [-0.3, -0.25) is 4.90 Å². The molecule has 1 N–H and O–H groups in total. The summed E-state index contributed by atoms with van der Waals surface area (Å²) in [4.78, 5) is 2.04. The summed E-state index contributed by atoms with van der Waals surface area (Å²) < 4.78 is 53.7. The highest BCUT2D eigenvalue weighted by molar-refractivity contribution is 5.33. The maximum absolute atomic E-state index is 13.6. The van der Waals surface area contributed by atoms with Crippen molar-refractivity contribution in [3.8, 4) is 0 Å². The SMILES string of the molecule is Fc1ccc(C(c2ccc(F)c(F)c2)N2CCNCC2)cc1F. The van der Waals surface area contributed by atoms with Crippen LogP contribution in [0.15, 0.2) is 36.4 Å². The van der Waals surface area contributed by atoms with Crippen LogP contribution in [-0.2, 0) is 0 Å². The average Bonchev–Trinajstić information content (AvgIpc) is 2.55. The molecule has 0 spiro atoms. The van der Waals surface area contributed by atoms with Gasteiger partial charge in [-0.15, -0.1) is 0 Å². The lowest BCUT2D eigenvalue weighted by Crippen LogP contribution is -2.45. The molecule has 0 unspecified atom stereocenters. The quantitative estimate of drug-likeness (QED) is 0.872. The zero-order valence-corrected chi connectivity index (χ0v) is 12.3. The van der Waals surface area contributed by atoms with E-state index in [1.54, 1.807) is 0 Å². The molecule has 23 heavy (non-hydrogen) atoms. The van der Waals surface area contributed by atoms with E-state index in [0.717, 1.165) is 37.4 Å². The fourth-order valence-electron chi connectivity index (χ4n) is 2.92. The second-order valence-electron chi connectivity index (χ2n) is 5.54. The maximum Gasteiger partial charge on any atom is 0.159 e. The summed E-state index contributed by atoms with van der Waals surface area (Å²) in [6.07, 6.45) is 0. The summed E-state index contributed by atoms with van der Waals surface area (Å²) in [7, 11) is 0. The van der Waals surface area contributed by atoms with Crippen molar-refractivity contribution in [1.82, 2.24) is 10.2 Å². The summed E-state index contributed by atoms with van der Waals surface area (Å²) in [5.41, 5.74) is 1.02. The summed E-state index contributed by atoms with van der Waals surface area (Å²) in [6, 6.07) is 6.84. The number of hydrogen-bond donors (Lipinski definition) is 1. The first-order valence-corrected chi connectivity index (χ1v) is 7.41. The molecule has 6 heteroatoms. The number of benzene rings is 2. The molecule has 1 saturated heterocycles. The van der Waals surface area contributed by atoms with E-state index in [0.29, 0.717) is 24.2 Å². The van der Waals surface area contributed by atoms with Crippen LogP contribution in [0, 0.1) is 23.3 Å². The van der Waals surface area contributed by atoms with Gasteiger partial charge in [0, 0.05) is 26.2 Å². The van der Waals surface area contributed by atoms with Crippen molar-refractivity contribution in [3.05, 3.63) is 70.8 Å². The van der Waals surface area contributed by atoms with E-state index in [2.05, 4.69) is 5.32 Å². The lowest BCUT2D eigenvalue weighted by molar-refractivity contribution is 0.197. The minimum absolute atomic E-state index is 0.456. The second-order valence-corrected chi connectivity index (χ2v) is 5.54. The van der Waals surface area contributed by atoms with Gasteiger partial charge < -0.3 is 5.32 Å². The Bertz CT molecular complexity index is 647. The molecule has 2 nitrogen and oxygen atoms in total. The predicted octanol–water partition coefficient (Wildman–Crippen LogP) is 3.24. The molecule has 0 aromatic heterocycles. The van der Waals surface area contributed by atoms with Crippen molar-refractivity contribution in [3.63, 3.8) is 0 Å². The molecule has 2 aromatic rings. The fourth-order valence-corrected chi connectivity index (χ4v) is 2.92. The maximum atomic E-state index is 13.6. The number of hydrogen-bond acceptors (Lipinski definition) is 2. The minimum Gasteiger partial charge on any atom is -0.314 e. The van der Waals surface area contributed by atoms with Crippen molar-refractivity contribution in [1.29, 1.82) is 0 Å². The van der Waals surface area contributed by atoms with Crippen molar-refractivity contribution in [2.45, 2.75) is 6.04 Å². The molecule has 0 atom stereocenters. The molecule has 1 aliphatic heterocycles. The third-order valence-electron chi connectivity index (χ3n) is 4.04. The Morgan fingerprint density at radius 3 is 1.65 bits per heavy atom. The van der Waals surface area contributed by atoms with Crippen LogP contribution in [0.2, 0.25) is 0 Å². The number of nitrogens with one attached hydrogen (secondary N) is 1. The summed E-state index contributed by atoms with van der Waals surface area (Å²) in [6.45, 7) is 2.82. The van der Waals surface area contributed by atoms with Crippen molar-refractivity contribution >= 4 is 0 Å². The summed E-state index contributed by atoms with van der Waals surface area (Å²) >= 11 is 0. The van der Waals surface area contributed by atoms with Crippen LogP contribution in [0.25, 0.3) is 0 Å². The van der Waals surface area contributed by atoms with Crippen molar-refractivity contribution in [2.24, 2.45) is 0 Å². The summed E-state index contributed by atoms with van der Waals surface area (Å²) in [5.74, 6) is -3.77. The normalized spacial score (nSPS) is 16.0. The largest absolute Gasteiger partial charge is 0.314 e. The first-order chi connectivity index (χ1) is 11.1. The standard InChI is InChI=1S/C17H16F4N2/c18-13-3-1-11(9-15(13)20)17(23-7-5-22-6-8-23)12-2-4-14(19)16(21)10-12/h1-4,9-10,17,22H,5-8H2. The fraction of sp³-hybridized carbons (Fsp3) is 0.294. The van der Waals surface area contributed by atoms with Crippen LogP contribution >= 0.6 is 0 Å². The monoisotopic (exact) mass is 324 g/mol. The summed E-state index contributed by atoms with van der Waals surface area (Å²) in [5, 5.41) is 3.20. The molecule has 1 fully saturated rings. The molecular weight excluding hydrogens is 308 g/mol. The van der Waals surface area contributed by atoms with Gasteiger partial charge in [-0.2, -0.15) is 0 Å². The third-order valence-corrected chi connectivity index (χ3v) is 4.04. The molecule has 3 rings (SSSR count). The first kappa shape index (κ1) is 16.0. The number of rotatable bonds is 3. The van der Waals surface area contributed by atoms with Gasteiger partial charge in [0.1, 0.15) is 0 Å². The van der Waals surface area contributed by atoms with Crippen LogP contribution in [-0.4, -0.2) is 31.1 Å². The molecule has 1 heterocycles. The van der Waals surface area contributed by atoms with E-state index in [1.807, 2.05) is 4.90 Å². The van der Waals surface area contributed by atoms with Gasteiger partial charge in [0.2, 0.25) is 0 Å². The molecule has 0 amide bonds. The van der Waals surface area contributed by atoms with Gasteiger partial charge in [0.05, 0.1) is 6.04 Å². The number of nitrogens with zero attached hydrogens (tertiary/aromatic N) is 1. The van der Waals surface area contributed by atoms with Crippen LogP contribution < -0.4 is 5.32 Å². The third kappa shape index (κ3) is 3.38. The molecular formula is C17H16F4N2. The number of halogens is 4. The molecule has 2 aromatic carbocycles. The molecule has 0 saturated carbocycles. The van der Waals surface area contributed by atoms with Crippen LogP contribution in [0.3, 0.4) is 0 Å². The number of piperazine rings is 1. The Morgan fingerprint density at radius 1 is 0.739 bits per heavy atom. The highest BCUT2D eigenvalue weighted by Crippen LogP contribution is 2.30. The van der Waals surface area contributed by atoms with Crippen molar-refractivity contribution in [2.75, 3.05) is 26.2 Å². The molecule has 122 valence electrons. The van der Waals surface area contributed by atoms with Crippen LogP contribution in [0.5, 0.6) is 0 Å². The van der Waals surface area contributed by atoms with E-state index < -0.39 is 29.3 Å². The zero-order chi connectivity index (χ0) is 16.4. The van der Waals surface area contributed by atoms with Gasteiger partial charge in [0.15, 0.2) is 23.3 Å². The van der Waals surface area contributed by atoms with E-state index in [9.17, 15) is 17.6 Å². The lowest BCUT2D eigenvalue weighted by atomic mass is 9.96. The minimum atomic E-state index is -0.954. The van der Waals surface area contributed by atoms with Gasteiger partial charge >= 0.3 is 0 Å². The Kier molecular flexibility index (Phi) is 4.63. The van der Waals surface area contributed by atoms with Gasteiger partial charge in [-0.05, 0) is 35.4 Å². The van der Waals surface area contributed by atoms with Gasteiger partial charge in [-0.1, -0.05) is 12.1 Å². The Morgan fingerprint density at radius 2 is 1.22 bits per heavy atom.